The third-order valence-corrected chi connectivity index (χ3v) is 10.6. The Morgan fingerprint density at radius 1 is 1.07 bits per heavy atom. The molecule has 0 radical (unpaired) electrons. The first-order valence-corrected chi connectivity index (χ1v) is 18.5. The number of thiocarbonyl (C=S) groups is 1. The first-order valence-electron chi connectivity index (χ1n) is 18.1. The fraction of sp³-hybridized carbons (Fsp3) is 0.359. The number of hydrogen-bond acceptors (Lipinski definition) is 11. The molecule has 1 unspecified atom stereocenters. The van der Waals surface area contributed by atoms with Crippen LogP contribution in [0.15, 0.2) is 54.6 Å². The Labute approximate surface area is 335 Å². The molecule has 0 spiro atoms. The predicted octanol–water partition coefficient (Wildman–Crippen LogP) is 4.89. The molecule has 304 valence electrons. The zero-order valence-electron chi connectivity index (χ0n) is 31.2. The fourth-order valence-corrected chi connectivity index (χ4v) is 7.80. The van der Waals surface area contributed by atoms with Crippen LogP contribution in [0.3, 0.4) is 0 Å². The van der Waals surface area contributed by atoms with E-state index < -0.39 is 52.4 Å². The lowest BCUT2D eigenvalue weighted by atomic mass is 9.95. The number of nitrogens with one attached hydrogen (secondary N) is 3. The molecule has 3 heterocycles. The van der Waals surface area contributed by atoms with E-state index in [1.807, 2.05) is 5.48 Å². The van der Waals surface area contributed by atoms with E-state index in [1.54, 1.807) is 18.2 Å². The SMILES string of the molecule is CC1(C)C(=O)N(c2ccc(C#N)c(C(F)(F)F)c2)C(=S)N1c1ccc(OCC2CCN(c3c(CC(=O)NOC=O)cccc3NC3CCC(=O)NC3=O)CC2)c(F)c1. The topological polar surface area (TPSA) is 173 Å². The maximum absolute atomic E-state index is 15.6. The summed E-state index contributed by atoms with van der Waals surface area (Å²) in [4.78, 5) is 69.8. The van der Waals surface area contributed by atoms with Gasteiger partial charge < -0.3 is 24.7 Å². The molecular formula is C39H37F4N7O7S. The number of piperidine rings is 2. The molecule has 3 aromatic carbocycles. The van der Waals surface area contributed by atoms with Crippen molar-refractivity contribution < 1.29 is 51.1 Å². The molecule has 3 fully saturated rings. The van der Waals surface area contributed by atoms with Gasteiger partial charge in [0.25, 0.3) is 11.8 Å². The number of ether oxygens (including phenoxy) is 1. The number of para-hydroxylation sites is 1. The number of carbonyl (C=O) groups is 5. The summed E-state index contributed by atoms with van der Waals surface area (Å²) in [5.41, 5.74) is 0.593. The molecule has 3 aliphatic heterocycles. The van der Waals surface area contributed by atoms with Crippen molar-refractivity contribution in [1.29, 1.82) is 5.26 Å². The number of amides is 4. The number of nitrogens with zero attached hydrogens (tertiary/aromatic N) is 4. The van der Waals surface area contributed by atoms with E-state index in [9.17, 15) is 42.4 Å². The summed E-state index contributed by atoms with van der Waals surface area (Å²) < 4.78 is 62.8. The Balaban J connectivity index is 1.13. The van der Waals surface area contributed by atoms with Gasteiger partial charge in [-0.05, 0) is 93.2 Å². The van der Waals surface area contributed by atoms with E-state index in [-0.39, 0.29) is 66.4 Å². The van der Waals surface area contributed by atoms with Crippen molar-refractivity contribution in [2.75, 3.05) is 39.7 Å². The summed E-state index contributed by atoms with van der Waals surface area (Å²) in [5.74, 6) is -2.89. The first kappa shape index (κ1) is 41.3. The Morgan fingerprint density at radius 3 is 2.45 bits per heavy atom. The van der Waals surface area contributed by atoms with E-state index in [4.69, 9.17) is 17.0 Å². The monoisotopic (exact) mass is 823 g/mol. The van der Waals surface area contributed by atoms with Gasteiger partial charge in [0, 0.05) is 31.3 Å². The third-order valence-electron chi connectivity index (χ3n) is 10.2. The number of hydrogen-bond donors (Lipinski definition) is 3. The molecule has 0 saturated carbocycles. The van der Waals surface area contributed by atoms with Crippen LogP contribution >= 0.6 is 12.2 Å². The van der Waals surface area contributed by atoms with Gasteiger partial charge in [-0.1, -0.05) is 12.1 Å². The van der Waals surface area contributed by atoms with Crippen LogP contribution in [-0.4, -0.2) is 66.5 Å². The minimum Gasteiger partial charge on any atom is -0.490 e. The van der Waals surface area contributed by atoms with Gasteiger partial charge in [-0.15, -0.1) is 0 Å². The number of carbonyl (C=O) groups excluding carboxylic acids is 5. The quantitative estimate of drug-likeness (QED) is 0.0744. The van der Waals surface area contributed by atoms with Crippen molar-refractivity contribution in [2.24, 2.45) is 5.92 Å². The highest BCUT2D eigenvalue weighted by Gasteiger charge is 2.51. The average molecular weight is 824 g/mol. The van der Waals surface area contributed by atoms with Crippen LogP contribution in [0.1, 0.15) is 56.2 Å². The van der Waals surface area contributed by atoms with Crippen LogP contribution in [0.4, 0.5) is 40.3 Å². The molecule has 19 heteroatoms. The highest BCUT2D eigenvalue weighted by atomic mass is 32.1. The molecule has 14 nitrogen and oxygen atoms in total. The summed E-state index contributed by atoms with van der Waals surface area (Å²) in [7, 11) is 0. The van der Waals surface area contributed by atoms with Crippen molar-refractivity contribution >= 4 is 70.2 Å². The molecule has 0 aromatic heterocycles. The molecular weight excluding hydrogens is 787 g/mol. The summed E-state index contributed by atoms with van der Waals surface area (Å²) >= 11 is 5.57. The van der Waals surface area contributed by atoms with Crippen LogP contribution in [0, 0.1) is 23.1 Å². The van der Waals surface area contributed by atoms with E-state index in [1.165, 1.54) is 43.0 Å². The Hall–Kier alpha value is -6.29. The van der Waals surface area contributed by atoms with Gasteiger partial charge in [-0.2, -0.15) is 23.9 Å². The second-order valence-electron chi connectivity index (χ2n) is 14.4. The van der Waals surface area contributed by atoms with Crippen molar-refractivity contribution in [3.05, 3.63) is 77.1 Å². The number of rotatable bonds is 12. The molecule has 0 bridgehead atoms. The molecule has 58 heavy (non-hydrogen) atoms. The van der Waals surface area contributed by atoms with Crippen LogP contribution in [0.2, 0.25) is 0 Å². The van der Waals surface area contributed by atoms with Gasteiger partial charge in [-0.25, -0.2) is 4.39 Å². The summed E-state index contributed by atoms with van der Waals surface area (Å²) in [5, 5.41) is 14.6. The van der Waals surface area contributed by atoms with Crippen LogP contribution < -0.4 is 35.6 Å². The standard InChI is InChI=1S/C39H37F4N7O7S/c1-38(2)36(55)49(25-7-6-24(19-44)27(17-25)39(41,42)43)37(58)50(38)26-8-10-31(28(40)18-26)56-20-22-12-14-48(15-13-22)34-23(16-33(53)47-57-21-51)4-3-5-29(34)45-30-9-11-32(52)46-35(30)54/h3-8,10,17-18,21-22,30,45H,9,11-16,20H2,1-2H3,(H,47,53)(H,46,52,54). The lowest BCUT2D eigenvalue weighted by Gasteiger charge is -2.36. The lowest BCUT2D eigenvalue weighted by Crippen LogP contribution is -2.47. The van der Waals surface area contributed by atoms with Crippen LogP contribution in [0.5, 0.6) is 5.75 Å². The zero-order chi connectivity index (χ0) is 41.9. The number of nitriles is 1. The van der Waals surface area contributed by atoms with E-state index in [0.717, 1.165) is 17.0 Å². The van der Waals surface area contributed by atoms with Gasteiger partial charge in [0.1, 0.15) is 11.6 Å². The number of hydroxylamine groups is 1. The molecule has 0 aliphatic carbocycles. The normalized spacial score (nSPS) is 18.4. The number of halogens is 4. The minimum atomic E-state index is -4.86. The molecule has 4 amide bonds. The van der Waals surface area contributed by atoms with Gasteiger partial charge in [-0.3, -0.25) is 34.2 Å². The zero-order valence-corrected chi connectivity index (χ0v) is 32.0. The highest BCUT2D eigenvalue weighted by molar-refractivity contribution is 7.81. The van der Waals surface area contributed by atoms with Crippen LogP contribution in [-0.2, 0) is 41.4 Å². The molecule has 3 saturated heterocycles. The van der Waals surface area contributed by atoms with Gasteiger partial charge in [0.2, 0.25) is 11.8 Å². The van der Waals surface area contributed by atoms with Crippen molar-refractivity contribution in [3.63, 3.8) is 0 Å². The molecule has 3 N–H and O–H groups in total. The smallest absolute Gasteiger partial charge is 0.417 e. The number of benzene rings is 3. The molecule has 6 rings (SSSR count). The number of imide groups is 1. The average Bonchev–Trinajstić information content (AvgIpc) is 3.36. The summed E-state index contributed by atoms with van der Waals surface area (Å²) in [6.45, 7) is 4.25. The van der Waals surface area contributed by atoms with Crippen LogP contribution in [0.25, 0.3) is 0 Å². The second-order valence-corrected chi connectivity index (χ2v) is 14.8. The Bertz CT molecular complexity index is 2200. The van der Waals surface area contributed by atoms with Crippen molar-refractivity contribution in [3.8, 4) is 11.8 Å². The van der Waals surface area contributed by atoms with E-state index in [0.29, 0.717) is 48.9 Å². The summed E-state index contributed by atoms with van der Waals surface area (Å²) in [6.07, 6.45) is -3.36. The molecule has 1 atom stereocenters. The number of anilines is 4. The van der Waals surface area contributed by atoms with Gasteiger partial charge in [0.15, 0.2) is 16.7 Å². The largest absolute Gasteiger partial charge is 0.490 e. The highest BCUT2D eigenvalue weighted by Crippen LogP contribution is 2.41. The first-order chi connectivity index (χ1) is 27.5. The molecule has 3 aliphatic rings. The fourth-order valence-electron chi connectivity index (χ4n) is 7.28. The van der Waals surface area contributed by atoms with E-state index in [2.05, 4.69) is 20.4 Å². The molecule has 3 aromatic rings. The maximum atomic E-state index is 15.6. The Morgan fingerprint density at radius 2 is 1.79 bits per heavy atom. The summed E-state index contributed by atoms with van der Waals surface area (Å²) in [6, 6.07) is 12.9. The van der Waals surface area contributed by atoms with Gasteiger partial charge >= 0.3 is 12.6 Å². The Kier molecular flexibility index (Phi) is 11.9. The third kappa shape index (κ3) is 8.51. The minimum absolute atomic E-state index is 0.0105. The lowest BCUT2D eigenvalue weighted by molar-refractivity contribution is -0.146. The van der Waals surface area contributed by atoms with Crippen molar-refractivity contribution in [1.82, 2.24) is 10.8 Å². The maximum Gasteiger partial charge on any atom is 0.417 e. The second kappa shape index (κ2) is 16.7. The van der Waals surface area contributed by atoms with Gasteiger partial charge in [0.05, 0.1) is 47.3 Å². The predicted molar refractivity (Wildman–Crippen MR) is 205 cm³/mol. The van der Waals surface area contributed by atoms with Crippen molar-refractivity contribution in [2.45, 2.75) is 63.7 Å². The number of alkyl halides is 3. The van der Waals surface area contributed by atoms with E-state index >= 15 is 4.39 Å².